The largest absolute Gasteiger partial charge is 0.496 e. The van der Waals surface area contributed by atoms with Gasteiger partial charge >= 0.3 is 5.97 Å². The van der Waals surface area contributed by atoms with Crippen LogP contribution in [0.4, 0.5) is 0 Å². The lowest BCUT2D eigenvalue weighted by Crippen LogP contribution is -2.33. The van der Waals surface area contributed by atoms with Crippen LogP contribution < -0.4 is 10.1 Å². The average Bonchev–Trinajstić information content (AvgIpc) is 2.94. The Balaban J connectivity index is 1.97. The van der Waals surface area contributed by atoms with Crippen LogP contribution in [0.2, 0.25) is 0 Å². The van der Waals surface area contributed by atoms with Crippen molar-refractivity contribution < 1.29 is 19.4 Å². The molecule has 2 unspecified atom stereocenters. The van der Waals surface area contributed by atoms with E-state index in [2.05, 4.69) is 5.32 Å². The Morgan fingerprint density at radius 2 is 2.14 bits per heavy atom. The van der Waals surface area contributed by atoms with E-state index >= 15 is 0 Å². The summed E-state index contributed by atoms with van der Waals surface area (Å²) in [5.74, 6) is -0.586. The maximum Gasteiger partial charge on any atom is 0.306 e. The van der Waals surface area contributed by atoms with E-state index in [9.17, 15) is 9.59 Å². The summed E-state index contributed by atoms with van der Waals surface area (Å²) in [7, 11) is 1.57. The third kappa shape index (κ3) is 3.54. The summed E-state index contributed by atoms with van der Waals surface area (Å²) in [4.78, 5) is 23.3. The number of carboxylic acid groups (broad SMARTS) is 1. The third-order valence-corrected chi connectivity index (χ3v) is 4.17. The summed E-state index contributed by atoms with van der Waals surface area (Å²) in [5.41, 5.74) is 1.50. The highest BCUT2D eigenvalue weighted by Crippen LogP contribution is 2.31. The average molecular weight is 291 g/mol. The van der Waals surface area contributed by atoms with Crippen LogP contribution in [0, 0.1) is 18.8 Å². The van der Waals surface area contributed by atoms with E-state index < -0.39 is 5.97 Å². The SMILES string of the molecule is COc1cc(C(=O)NCC2CCCC2C(=O)O)ccc1C. The van der Waals surface area contributed by atoms with E-state index in [-0.39, 0.29) is 17.7 Å². The Morgan fingerprint density at radius 3 is 2.81 bits per heavy atom. The van der Waals surface area contributed by atoms with Crippen molar-refractivity contribution in [2.75, 3.05) is 13.7 Å². The lowest BCUT2D eigenvalue weighted by Gasteiger charge is -2.16. The zero-order valence-electron chi connectivity index (χ0n) is 12.4. The summed E-state index contributed by atoms with van der Waals surface area (Å²) in [5, 5.41) is 12.0. The second kappa shape index (κ2) is 6.61. The summed E-state index contributed by atoms with van der Waals surface area (Å²) in [6.45, 7) is 2.32. The van der Waals surface area contributed by atoms with Crippen molar-refractivity contribution in [2.24, 2.45) is 11.8 Å². The molecule has 0 radical (unpaired) electrons. The highest BCUT2D eigenvalue weighted by atomic mass is 16.5. The Labute approximate surface area is 124 Å². The first kappa shape index (κ1) is 15.4. The quantitative estimate of drug-likeness (QED) is 0.872. The molecule has 0 bridgehead atoms. The first-order chi connectivity index (χ1) is 10.0. The molecular weight excluding hydrogens is 270 g/mol. The number of methoxy groups -OCH3 is 1. The Morgan fingerprint density at radius 1 is 1.38 bits per heavy atom. The van der Waals surface area contributed by atoms with Gasteiger partial charge in [0, 0.05) is 12.1 Å². The summed E-state index contributed by atoms with van der Waals surface area (Å²) in [6.07, 6.45) is 2.47. The van der Waals surface area contributed by atoms with Crippen molar-refractivity contribution in [3.8, 4) is 5.75 Å². The summed E-state index contributed by atoms with van der Waals surface area (Å²) >= 11 is 0. The van der Waals surface area contributed by atoms with Gasteiger partial charge in [0.05, 0.1) is 13.0 Å². The second-order valence-corrected chi connectivity index (χ2v) is 5.53. The first-order valence-corrected chi connectivity index (χ1v) is 7.18. The van der Waals surface area contributed by atoms with Gasteiger partial charge in [0.25, 0.3) is 5.91 Å². The van der Waals surface area contributed by atoms with Gasteiger partial charge in [0.1, 0.15) is 5.75 Å². The number of carboxylic acids is 1. The molecule has 1 amide bonds. The van der Waals surface area contributed by atoms with Crippen molar-refractivity contribution in [3.05, 3.63) is 29.3 Å². The number of nitrogens with one attached hydrogen (secondary N) is 1. The van der Waals surface area contributed by atoms with Crippen LogP contribution in [0.3, 0.4) is 0 Å². The zero-order chi connectivity index (χ0) is 15.4. The molecular formula is C16H21NO4. The Bertz CT molecular complexity index is 541. The standard InChI is InChI=1S/C16H21NO4/c1-10-6-7-11(8-14(10)21-2)15(18)17-9-12-4-3-5-13(12)16(19)20/h6-8,12-13H,3-5,9H2,1-2H3,(H,17,18)(H,19,20). The molecule has 5 heteroatoms. The number of carbonyl (C=O) groups is 2. The third-order valence-electron chi connectivity index (χ3n) is 4.17. The van der Waals surface area contributed by atoms with Crippen molar-refractivity contribution in [1.82, 2.24) is 5.32 Å². The molecule has 5 nitrogen and oxygen atoms in total. The van der Waals surface area contributed by atoms with Crippen LogP contribution in [0.5, 0.6) is 5.75 Å². The molecule has 21 heavy (non-hydrogen) atoms. The molecule has 0 spiro atoms. The molecule has 1 aliphatic rings. The maximum atomic E-state index is 12.1. The number of benzene rings is 1. The van der Waals surface area contributed by atoms with Gasteiger partial charge in [-0.3, -0.25) is 9.59 Å². The number of hydrogen-bond acceptors (Lipinski definition) is 3. The fourth-order valence-electron chi connectivity index (χ4n) is 2.89. The van der Waals surface area contributed by atoms with Gasteiger partial charge in [0.15, 0.2) is 0 Å². The molecule has 0 aromatic heterocycles. The van der Waals surface area contributed by atoms with Crippen molar-refractivity contribution in [3.63, 3.8) is 0 Å². The lowest BCUT2D eigenvalue weighted by atomic mass is 9.96. The van der Waals surface area contributed by atoms with Gasteiger partial charge in [-0.05, 0) is 43.4 Å². The molecule has 1 aromatic carbocycles. The first-order valence-electron chi connectivity index (χ1n) is 7.18. The minimum atomic E-state index is -0.760. The van der Waals surface area contributed by atoms with Gasteiger partial charge in [-0.2, -0.15) is 0 Å². The summed E-state index contributed by atoms with van der Waals surface area (Å²) < 4.78 is 5.20. The molecule has 2 atom stereocenters. The van der Waals surface area contributed by atoms with Crippen molar-refractivity contribution in [1.29, 1.82) is 0 Å². The molecule has 2 rings (SSSR count). The normalized spacial score (nSPS) is 21.0. The molecule has 1 fully saturated rings. The number of ether oxygens (including phenoxy) is 1. The molecule has 0 aliphatic heterocycles. The molecule has 1 aliphatic carbocycles. The van der Waals surface area contributed by atoms with Gasteiger partial charge in [-0.1, -0.05) is 12.5 Å². The number of aliphatic carboxylic acids is 1. The van der Waals surface area contributed by atoms with Crippen molar-refractivity contribution >= 4 is 11.9 Å². The number of carbonyl (C=O) groups excluding carboxylic acids is 1. The minimum absolute atomic E-state index is 0.0267. The molecule has 0 heterocycles. The summed E-state index contributed by atoms with van der Waals surface area (Å²) in [6, 6.07) is 5.29. The van der Waals surface area contributed by atoms with Gasteiger partial charge in [-0.25, -0.2) is 0 Å². The van der Waals surface area contributed by atoms with Crippen LogP contribution in [0.1, 0.15) is 35.2 Å². The predicted molar refractivity (Wildman–Crippen MR) is 78.5 cm³/mol. The van der Waals surface area contributed by atoms with E-state index in [0.717, 1.165) is 18.4 Å². The molecule has 1 aromatic rings. The monoisotopic (exact) mass is 291 g/mol. The second-order valence-electron chi connectivity index (χ2n) is 5.53. The fraction of sp³-hybridized carbons (Fsp3) is 0.500. The zero-order valence-corrected chi connectivity index (χ0v) is 12.4. The topological polar surface area (TPSA) is 75.6 Å². The van der Waals surface area contributed by atoms with Crippen LogP contribution in [-0.2, 0) is 4.79 Å². The number of amides is 1. The fourth-order valence-corrected chi connectivity index (χ4v) is 2.89. The van der Waals surface area contributed by atoms with Crippen LogP contribution in [0.15, 0.2) is 18.2 Å². The van der Waals surface area contributed by atoms with E-state index in [1.54, 1.807) is 19.2 Å². The maximum absolute atomic E-state index is 12.1. The molecule has 2 N–H and O–H groups in total. The van der Waals surface area contributed by atoms with E-state index in [0.29, 0.717) is 24.3 Å². The van der Waals surface area contributed by atoms with Gasteiger partial charge in [-0.15, -0.1) is 0 Å². The van der Waals surface area contributed by atoms with Crippen LogP contribution in [-0.4, -0.2) is 30.6 Å². The molecule has 1 saturated carbocycles. The van der Waals surface area contributed by atoms with Crippen LogP contribution in [0.25, 0.3) is 0 Å². The highest BCUT2D eigenvalue weighted by Gasteiger charge is 2.32. The smallest absolute Gasteiger partial charge is 0.306 e. The Hall–Kier alpha value is -2.04. The van der Waals surface area contributed by atoms with E-state index in [4.69, 9.17) is 9.84 Å². The Kier molecular flexibility index (Phi) is 4.83. The van der Waals surface area contributed by atoms with E-state index in [1.165, 1.54) is 0 Å². The van der Waals surface area contributed by atoms with Crippen molar-refractivity contribution in [2.45, 2.75) is 26.2 Å². The number of aryl methyl sites for hydroxylation is 1. The van der Waals surface area contributed by atoms with E-state index in [1.807, 2.05) is 13.0 Å². The number of rotatable bonds is 5. The van der Waals surface area contributed by atoms with Crippen LogP contribution >= 0.6 is 0 Å². The molecule has 0 saturated heterocycles. The number of hydrogen-bond donors (Lipinski definition) is 2. The molecule has 114 valence electrons. The van der Waals surface area contributed by atoms with Gasteiger partial charge < -0.3 is 15.2 Å². The van der Waals surface area contributed by atoms with Gasteiger partial charge in [0.2, 0.25) is 0 Å². The minimum Gasteiger partial charge on any atom is -0.496 e. The highest BCUT2D eigenvalue weighted by molar-refractivity contribution is 5.94. The predicted octanol–water partition coefficient (Wildman–Crippen LogP) is 2.23. The lowest BCUT2D eigenvalue weighted by molar-refractivity contribution is -0.142.